The number of nitrogens with zero attached hydrogens (tertiary/aromatic N) is 1. The quantitative estimate of drug-likeness (QED) is 0.630. The van der Waals surface area contributed by atoms with Gasteiger partial charge in [-0.15, -0.1) is 0 Å². The molecule has 1 fully saturated rings. The highest BCUT2D eigenvalue weighted by molar-refractivity contribution is 7.98. The van der Waals surface area contributed by atoms with E-state index < -0.39 is 11.9 Å². The number of hydrogen-bond donors (Lipinski definition) is 2. The maximum atomic E-state index is 11.2. The van der Waals surface area contributed by atoms with Gasteiger partial charge in [0.1, 0.15) is 6.04 Å². The van der Waals surface area contributed by atoms with Crippen LogP contribution in [0.4, 0.5) is 4.79 Å². The Balaban J connectivity index is 2.42. The lowest BCUT2D eigenvalue weighted by Gasteiger charge is -2.12. The lowest BCUT2D eigenvalue weighted by molar-refractivity contribution is -0.119. The van der Waals surface area contributed by atoms with Gasteiger partial charge in [0.15, 0.2) is 0 Å². The van der Waals surface area contributed by atoms with Crippen LogP contribution in [0.1, 0.15) is 0 Å². The van der Waals surface area contributed by atoms with E-state index in [4.69, 9.17) is 5.73 Å². The Labute approximate surface area is 81.0 Å². The van der Waals surface area contributed by atoms with Crippen LogP contribution in [0.5, 0.6) is 0 Å². The maximum Gasteiger partial charge on any atom is 0.318 e. The smallest absolute Gasteiger partial charge is 0.318 e. The van der Waals surface area contributed by atoms with Crippen LogP contribution in [-0.2, 0) is 4.79 Å². The van der Waals surface area contributed by atoms with Gasteiger partial charge < -0.3 is 16.0 Å². The zero-order chi connectivity index (χ0) is 9.84. The number of nitrogens with one attached hydrogen (secondary N) is 1. The molecule has 1 saturated heterocycles. The van der Waals surface area contributed by atoms with E-state index in [1.807, 2.05) is 6.26 Å². The topological polar surface area (TPSA) is 75.4 Å². The molecule has 1 heterocycles. The molecule has 0 bridgehead atoms. The van der Waals surface area contributed by atoms with Gasteiger partial charge >= 0.3 is 6.03 Å². The molecule has 0 aliphatic carbocycles. The number of rotatable bonds is 4. The summed E-state index contributed by atoms with van der Waals surface area (Å²) >= 11 is 1.66. The fourth-order valence-corrected chi connectivity index (χ4v) is 1.55. The molecule has 0 radical (unpaired) electrons. The summed E-state index contributed by atoms with van der Waals surface area (Å²) in [5.41, 5.74) is 5.07. The first-order chi connectivity index (χ1) is 6.15. The van der Waals surface area contributed by atoms with E-state index in [9.17, 15) is 9.59 Å². The Morgan fingerprint density at radius 1 is 1.85 bits per heavy atom. The van der Waals surface area contributed by atoms with Crippen LogP contribution in [-0.4, -0.2) is 48.0 Å². The second kappa shape index (κ2) is 4.36. The highest BCUT2D eigenvalue weighted by Gasteiger charge is 2.31. The number of primary amides is 1. The molecule has 1 aliphatic heterocycles. The Hall–Kier alpha value is -0.910. The number of thioether (sulfide) groups is 1. The molecular formula is C7H13N3O2S. The first-order valence-electron chi connectivity index (χ1n) is 3.99. The Bertz CT molecular complexity index is 222. The molecule has 1 unspecified atom stereocenters. The summed E-state index contributed by atoms with van der Waals surface area (Å²) in [7, 11) is 0. The van der Waals surface area contributed by atoms with Crippen LogP contribution in [0.2, 0.25) is 0 Å². The standard InChI is InChI=1S/C7H13N3O2S/c1-13-3-2-10-4-5(6(8)11)9-7(10)12/h5H,2-4H2,1H3,(H2,8,11)(H,9,12). The zero-order valence-corrected chi connectivity index (χ0v) is 8.26. The lowest BCUT2D eigenvalue weighted by Crippen LogP contribution is -2.39. The Morgan fingerprint density at radius 2 is 2.54 bits per heavy atom. The fourth-order valence-electron chi connectivity index (χ4n) is 1.14. The third-order valence-electron chi connectivity index (χ3n) is 1.90. The van der Waals surface area contributed by atoms with E-state index in [0.29, 0.717) is 13.1 Å². The van der Waals surface area contributed by atoms with E-state index in [0.717, 1.165) is 5.75 Å². The molecule has 74 valence electrons. The minimum Gasteiger partial charge on any atom is -0.368 e. The molecule has 0 aromatic rings. The maximum absolute atomic E-state index is 11.2. The van der Waals surface area contributed by atoms with Crippen molar-refractivity contribution in [3.63, 3.8) is 0 Å². The molecule has 1 rings (SSSR count). The fraction of sp³-hybridized carbons (Fsp3) is 0.714. The monoisotopic (exact) mass is 203 g/mol. The van der Waals surface area contributed by atoms with Gasteiger partial charge in [-0.1, -0.05) is 0 Å². The molecule has 0 saturated carbocycles. The van der Waals surface area contributed by atoms with E-state index in [1.165, 1.54) is 0 Å². The molecule has 0 aromatic heterocycles. The van der Waals surface area contributed by atoms with Gasteiger partial charge in [-0.05, 0) is 6.26 Å². The summed E-state index contributed by atoms with van der Waals surface area (Å²) in [5, 5.41) is 2.52. The van der Waals surface area contributed by atoms with Crippen molar-refractivity contribution in [1.82, 2.24) is 10.2 Å². The third kappa shape index (κ3) is 2.51. The van der Waals surface area contributed by atoms with Gasteiger partial charge in [0.05, 0.1) is 6.54 Å². The summed E-state index contributed by atoms with van der Waals surface area (Å²) in [6.45, 7) is 1.06. The van der Waals surface area contributed by atoms with Gasteiger partial charge in [0.2, 0.25) is 5.91 Å². The van der Waals surface area contributed by atoms with Crippen molar-refractivity contribution in [3.8, 4) is 0 Å². The van der Waals surface area contributed by atoms with Crippen LogP contribution in [0, 0.1) is 0 Å². The number of carbonyl (C=O) groups excluding carboxylic acids is 2. The van der Waals surface area contributed by atoms with Crippen LogP contribution in [0.25, 0.3) is 0 Å². The molecule has 6 heteroatoms. The Kier molecular flexibility index (Phi) is 3.41. The van der Waals surface area contributed by atoms with E-state index in [-0.39, 0.29) is 6.03 Å². The predicted molar refractivity (Wildman–Crippen MR) is 51.5 cm³/mol. The largest absolute Gasteiger partial charge is 0.368 e. The number of carbonyl (C=O) groups is 2. The molecule has 0 spiro atoms. The predicted octanol–water partition coefficient (Wildman–Crippen LogP) is -0.771. The highest BCUT2D eigenvalue weighted by Crippen LogP contribution is 2.04. The molecule has 5 nitrogen and oxygen atoms in total. The summed E-state index contributed by atoms with van der Waals surface area (Å²) < 4.78 is 0. The minimum atomic E-state index is -0.519. The molecule has 3 N–H and O–H groups in total. The average molecular weight is 203 g/mol. The van der Waals surface area contributed by atoms with E-state index in [2.05, 4.69) is 5.32 Å². The summed E-state index contributed by atoms with van der Waals surface area (Å²) in [5.74, 6) is 0.402. The highest BCUT2D eigenvalue weighted by atomic mass is 32.2. The van der Waals surface area contributed by atoms with Crippen LogP contribution < -0.4 is 11.1 Å². The second-order valence-electron chi connectivity index (χ2n) is 2.84. The zero-order valence-electron chi connectivity index (χ0n) is 7.45. The average Bonchev–Trinajstić information content (AvgIpc) is 2.44. The van der Waals surface area contributed by atoms with Crippen LogP contribution in [0.3, 0.4) is 0 Å². The summed E-state index contributed by atoms with van der Waals surface area (Å²) in [6, 6.07) is -0.716. The SMILES string of the molecule is CSCCN1CC(C(N)=O)NC1=O. The lowest BCUT2D eigenvalue weighted by atomic mass is 10.3. The Morgan fingerprint density at radius 3 is 3.00 bits per heavy atom. The molecule has 1 atom stereocenters. The third-order valence-corrected chi connectivity index (χ3v) is 2.49. The van der Waals surface area contributed by atoms with Gasteiger partial charge in [-0.2, -0.15) is 11.8 Å². The second-order valence-corrected chi connectivity index (χ2v) is 3.83. The van der Waals surface area contributed by atoms with Crippen molar-refractivity contribution < 1.29 is 9.59 Å². The number of hydrogen-bond acceptors (Lipinski definition) is 3. The van der Waals surface area contributed by atoms with Crippen molar-refractivity contribution in [1.29, 1.82) is 0 Å². The normalized spacial score (nSPS) is 21.8. The molecule has 1 aliphatic rings. The number of amides is 3. The van der Waals surface area contributed by atoms with Gasteiger partial charge in [0, 0.05) is 12.3 Å². The minimum absolute atomic E-state index is 0.196. The van der Waals surface area contributed by atoms with Crippen LogP contribution in [0.15, 0.2) is 0 Å². The number of nitrogens with two attached hydrogens (primary N) is 1. The van der Waals surface area contributed by atoms with Gasteiger partial charge in [0.25, 0.3) is 0 Å². The van der Waals surface area contributed by atoms with Gasteiger partial charge in [-0.25, -0.2) is 4.79 Å². The van der Waals surface area contributed by atoms with Crippen molar-refractivity contribution in [2.24, 2.45) is 5.73 Å². The van der Waals surface area contributed by atoms with E-state index in [1.54, 1.807) is 16.7 Å². The van der Waals surface area contributed by atoms with E-state index >= 15 is 0 Å². The van der Waals surface area contributed by atoms with Crippen molar-refractivity contribution in [2.75, 3.05) is 25.1 Å². The van der Waals surface area contributed by atoms with Crippen molar-refractivity contribution >= 4 is 23.7 Å². The molecule has 3 amide bonds. The van der Waals surface area contributed by atoms with Crippen LogP contribution >= 0.6 is 11.8 Å². The molecule has 13 heavy (non-hydrogen) atoms. The van der Waals surface area contributed by atoms with Crippen molar-refractivity contribution in [2.45, 2.75) is 6.04 Å². The molecule has 0 aromatic carbocycles. The van der Waals surface area contributed by atoms with Crippen molar-refractivity contribution in [3.05, 3.63) is 0 Å². The summed E-state index contributed by atoms with van der Waals surface area (Å²) in [6.07, 6.45) is 1.97. The first-order valence-corrected chi connectivity index (χ1v) is 5.38. The molecular weight excluding hydrogens is 190 g/mol. The summed E-state index contributed by atoms with van der Waals surface area (Å²) in [4.78, 5) is 23.5. The first kappa shape index (κ1) is 10.2. The number of urea groups is 1. The van der Waals surface area contributed by atoms with Gasteiger partial charge in [-0.3, -0.25) is 4.79 Å².